The van der Waals surface area contributed by atoms with Crippen molar-refractivity contribution >= 4 is 11.0 Å². The van der Waals surface area contributed by atoms with E-state index in [0.717, 1.165) is 18.6 Å². The standard InChI is InChI=1S/C14H19N3/c1-9-4-5-13-12(6-9)16-14(17(13)3)11-8-15-7-10(11)2/h4-6,10-11,15H,7-8H2,1-3H3/t10-,11-/m1/s1. The molecule has 17 heavy (non-hydrogen) atoms. The van der Waals surface area contributed by atoms with E-state index in [2.05, 4.69) is 49.0 Å². The number of aromatic nitrogens is 2. The van der Waals surface area contributed by atoms with E-state index in [1.165, 1.54) is 16.9 Å². The number of hydrogen-bond acceptors (Lipinski definition) is 2. The summed E-state index contributed by atoms with van der Waals surface area (Å²) in [6, 6.07) is 6.50. The number of benzene rings is 1. The van der Waals surface area contributed by atoms with E-state index in [9.17, 15) is 0 Å². The van der Waals surface area contributed by atoms with Crippen molar-refractivity contribution in [3.8, 4) is 0 Å². The van der Waals surface area contributed by atoms with Crippen LogP contribution in [0.3, 0.4) is 0 Å². The fourth-order valence-corrected chi connectivity index (χ4v) is 2.82. The van der Waals surface area contributed by atoms with Gasteiger partial charge in [-0.3, -0.25) is 0 Å². The van der Waals surface area contributed by atoms with Gasteiger partial charge in [-0.15, -0.1) is 0 Å². The highest BCUT2D eigenvalue weighted by Crippen LogP contribution is 2.29. The molecule has 3 nitrogen and oxygen atoms in total. The minimum Gasteiger partial charge on any atom is -0.331 e. The molecule has 90 valence electrons. The van der Waals surface area contributed by atoms with Gasteiger partial charge in [-0.25, -0.2) is 4.98 Å². The molecule has 0 spiro atoms. The van der Waals surface area contributed by atoms with Crippen molar-refractivity contribution in [2.24, 2.45) is 13.0 Å². The second-order valence-corrected chi connectivity index (χ2v) is 5.26. The quantitative estimate of drug-likeness (QED) is 0.812. The molecule has 1 aromatic heterocycles. The average Bonchev–Trinajstić information content (AvgIpc) is 2.83. The van der Waals surface area contributed by atoms with Gasteiger partial charge in [-0.05, 0) is 37.1 Å². The molecule has 0 amide bonds. The third-order valence-corrected chi connectivity index (χ3v) is 3.92. The second-order valence-electron chi connectivity index (χ2n) is 5.26. The molecule has 0 radical (unpaired) electrons. The number of aryl methyl sites for hydroxylation is 2. The molecule has 1 aliphatic rings. The molecular formula is C14H19N3. The summed E-state index contributed by atoms with van der Waals surface area (Å²) in [6.07, 6.45) is 0. The van der Waals surface area contributed by atoms with Crippen molar-refractivity contribution in [2.45, 2.75) is 19.8 Å². The van der Waals surface area contributed by atoms with E-state index >= 15 is 0 Å². The highest BCUT2D eigenvalue weighted by Gasteiger charge is 2.28. The minimum absolute atomic E-state index is 0.549. The molecule has 2 aromatic rings. The summed E-state index contributed by atoms with van der Waals surface area (Å²) < 4.78 is 2.25. The Bertz CT molecular complexity index is 556. The molecule has 0 bridgehead atoms. The highest BCUT2D eigenvalue weighted by atomic mass is 15.1. The monoisotopic (exact) mass is 229 g/mol. The molecule has 1 N–H and O–H groups in total. The van der Waals surface area contributed by atoms with Gasteiger partial charge in [0.15, 0.2) is 0 Å². The number of nitrogens with zero attached hydrogens (tertiary/aromatic N) is 2. The van der Waals surface area contributed by atoms with Crippen molar-refractivity contribution in [1.29, 1.82) is 0 Å². The van der Waals surface area contributed by atoms with Gasteiger partial charge in [0.25, 0.3) is 0 Å². The van der Waals surface area contributed by atoms with E-state index in [0.29, 0.717) is 11.8 Å². The molecule has 3 heteroatoms. The van der Waals surface area contributed by atoms with Crippen LogP contribution < -0.4 is 5.32 Å². The predicted octanol–water partition coefficient (Wildman–Crippen LogP) is 2.20. The predicted molar refractivity (Wildman–Crippen MR) is 70.2 cm³/mol. The Morgan fingerprint density at radius 2 is 2.18 bits per heavy atom. The molecule has 1 aromatic carbocycles. The van der Waals surface area contributed by atoms with Crippen molar-refractivity contribution in [2.75, 3.05) is 13.1 Å². The van der Waals surface area contributed by atoms with Crippen LogP contribution in [0.15, 0.2) is 18.2 Å². The zero-order valence-electron chi connectivity index (χ0n) is 10.7. The molecule has 0 aliphatic carbocycles. The normalized spacial score (nSPS) is 24.6. The molecule has 2 heterocycles. The molecule has 3 rings (SSSR count). The number of fused-ring (bicyclic) bond motifs is 1. The van der Waals surface area contributed by atoms with Gasteiger partial charge in [0.05, 0.1) is 11.0 Å². The van der Waals surface area contributed by atoms with Gasteiger partial charge in [-0.1, -0.05) is 13.0 Å². The zero-order valence-corrected chi connectivity index (χ0v) is 10.7. The van der Waals surface area contributed by atoms with Crippen LogP contribution in [-0.2, 0) is 7.05 Å². The van der Waals surface area contributed by atoms with Crippen LogP contribution in [-0.4, -0.2) is 22.6 Å². The maximum absolute atomic E-state index is 4.83. The van der Waals surface area contributed by atoms with Gasteiger partial charge in [-0.2, -0.15) is 0 Å². The number of hydrogen-bond donors (Lipinski definition) is 1. The first-order chi connectivity index (χ1) is 8.16. The minimum atomic E-state index is 0.549. The van der Waals surface area contributed by atoms with Gasteiger partial charge in [0, 0.05) is 19.5 Å². The fraction of sp³-hybridized carbons (Fsp3) is 0.500. The smallest absolute Gasteiger partial charge is 0.114 e. The SMILES string of the molecule is Cc1ccc2c(c1)nc([C@@H]1CNC[C@H]1C)n2C. The maximum Gasteiger partial charge on any atom is 0.114 e. The van der Waals surface area contributed by atoms with Gasteiger partial charge < -0.3 is 9.88 Å². The van der Waals surface area contributed by atoms with E-state index in [4.69, 9.17) is 4.98 Å². The first-order valence-electron chi connectivity index (χ1n) is 6.30. The van der Waals surface area contributed by atoms with Crippen LogP contribution in [0, 0.1) is 12.8 Å². The highest BCUT2D eigenvalue weighted by molar-refractivity contribution is 5.76. The van der Waals surface area contributed by atoms with Crippen LogP contribution in [0.4, 0.5) is 0 Å². The number of nitrogens with one attached hydrogen (secondary N) is 1. The third kappa shape index (κ3) is 1.65. The largest absolute Gasteiger partial charge is 0.331 e. The lowest BCUT2D eigenvalue weighted by molar-refractivity contribution is 0.533. The number of rotatable bonds is 1. The van der Waals surface area contributed by atoms with Crippen molar-refractivity contribution in [3.63, 3.8) is 0 Å². The topological polar surface area (TPSA) is 29.9 Å². The average molecular weight is 229 g/mol. The second kappa shape index (κ2) is 3.84. The summed E-state index contributed by atoms with van der Waals surface area (Å²) in [5, 5.41) is 3.45. The summed E-state index contributed by atoms with van der Waals surface area (Å²) in [6.45, 7) is 6.58. The lowest BCUT2D eigenvalue weighted by Crippen LogP contribution is -2.13. The molecular weight excluding hydrogens is 210 g/mol. The van der Waals surface area contributed by atoms with E-state index in [1.54, 1.807) is 0 Å². The summed E-state index contributed by atoms with van der Waals surface area (Å²) in [7, 11) is 2.13. The van der Waals surface area contributed by atoms with Crippen LogP contribution in [0.5, 0.6) is 0 Å². The Morgan fingerprint density at radius 1 is 1.35 bits per heavy atom. The Labute approximate surface area is 102 Å². The maximum atomic E-state index is 4.83. The molecule has 0 saturated carbocycles. The Morgan fingerprint density at radius 3 is 2.88 bits per heavy atom. The lowest BCUT2D eigenvalue weighted by Gasteiger charge is -2.13. The lowest BCUT2D eigenvalue weighted by atomic mass is 9.97. The van der Waals surface area contributed by atoms with E-state index in [-0.39, 0.29) is 0 Å². The Kier molecular flexibility index (Phi) is 2.44. The summed E-state index contributed by atoms with van der Waals surface area (Å²) in [5.41, 5.74) is 3.64. The molecule has 2 atom stereocenters. The van der Waals surface area contributed by atoms with E-state index in [1.807, 2.05) is 0 Å². The fourth-order valence-electron chi connectivity index (χ4n) is 2.82. The van der Waals surface area contributed by atoms with Gasteiger partial charge in [0.2, 0.25) is 0 Å². The van der Waals surface area contributed by atoms with Gasteiger partial charge >= 0.3 is 0 Å². The Hall–Kier alpha value is -1.35. The van der Waals surface area contributed by atoms with Crippen LogP contribution >= 0.6 is 0 Å². The van der Waals surface area contributed by atoms with Gasteiger partial charge in [0.1, 0.15) is 5.82 Å². The summed E-state index contributed by atoms with van der Waals surface area (Å²) >= 11 is 0. The Balaban J connectivity index is 2.14. The molecule has 1 saturated heterocycles. The molecule has 1 fully saturated rings. The molecule has 0 unspecified atom stereocenters. The first-order valence-corrected chi connectivity index (χ1v) is 6.30. The van der Waals surface area contributed by atoms with E-state index < -0.39 is 0 Å². The van der Waals surface area contributed by atoms with Crippen molar-refractivity contribution in [3.05, 3.63) is 29.6 Å². The first kappa shape index (κ1) is 10.8. The zero-order chi connectivity index (χ0) is 12.0. The summed E-state index contributed by atoms with van der Waals surface area (Å²) in [5.74, 6) is 2.45. The van der Waals surface area contributed by atoms with Crippen molar-refractivity contribution in [1.82, 2.24) is 14.9 Å². The third-order valence-electron chi connectivity index (χ3n) is 3.92. The molecule has 1 aliphatic heterocycles. The van der Waals surface area contributed by atoms with Crippen molar-refractivity contribution < 1.29 is 0 Å². The van der Waals surface area contributed by atoms with Crippen LogP contribution in [0.1, 0.15) is 24.2 Å². The van der Waals surface area contributed by atoms with Crippen LogP contribution in [0.2, 0.25) is 0 Å². The van der Waals surface area contributed by atoms with Crippen LogP contribution in [0.25, 0.3) is 11.0 Å². The number of imidazole rings is 1. The summed E-state index contributed by atoms with van der Waals surface area (Å²) in [4.78, 5) is 4.83.